The smallest absolute Gasteiger partial charge is 0.137 e. The molecule has 0 atom stereocenters. The molecule has 4 heteroatoms. The van der Waals surface area contributed by atoms with Gasteiger partial charge in [-0.3, -0.25) is 0 Å². The Hall–Kier alpha value is -1.32. The zero-order valence-electron chi connectivity index (χ0n) is 7.72. The van der Waals surface area contributed by atoms with Crippen molar-refractivity contribution in [1.82, 2.24) is 9.38 Å². The fourth-order valence-electron chi connectivity index (χ4n) is 1.51. The monoisotopic (exact) mass is 234 g/mol. The molecule has 0 saturated carbocycles. The van der Waals surface area contributed by atoms with Gasteiger partial charge < -0.3 is 4.40 Å². The van der Waals surface area contributed by atoms with E-state index >= 15 is 0 Å². The molecule has 3 aromatic heterocycles. The Labute approximate surface area is 95.8 Å². The molecule has 0 radical (unpaired) electrons. The summed E-state index contributed by atoms with van der Waals surface area (Å²) >= 11 is 7.44. The Morgan fingerprint density at radius 1 is 1.20 bits per heavy atom. The second kappa shape index (κ2) is 3.36. The highest BCUT2D eigenvalue weighted by Crippen LogP contribution is 2.30. The molecule has 15 heavy (non-hydrogen) atoms. The van der Waals surface area contributed by atoms with Crippen LogP contribution in [0.25, 0.3) is 16.2 Å². The maximum atomic E-state index is 5.89. The molecule has 0 N–H and O–H groups in total. The molecule has 0 aliphatic heterocycles. The zero-order chi connectivity index (χ0) is 10.3. The first-order valence-electron chi connectivity index (χ1n) is 4.52. The van der Waals surface area contributed by atoms with E-state index in [1.54, 1.807) is 11.3 Å². The third kappa shape index (κ3) is 1.54. The van der Waals surface area contributed by atoms with E-state index in [-0.39, 0.29) is 0 Å². The lowest BCUT2D eigenvalue weighted by molar-refractivity contribution is 1.19. The van der Waals surface area contributed by atoms with Crippen LogP contribution < -0.4 is 0 Å². The van der Waals surface area contributed by atoms with E-state index in [1.807, 2.05) is 47.1 Å². The van der Waals surface area contributed by atoms with Crippen molar-refractivity contribution in [3.63, 3.8) is 0 Å². The Kier molecular flexibility index (Phi) is 2.01. The van der Waals surface area contributed by atoms with Gasteiger partial charge in [0.05, 0.1) is 14.9 Å². The van der Waals surface area contributed by atoms with Crippen LogP contribution in [0.2, 0.25) is 4.34 Å². The van der Waals surface area contributed by atoms with Gasteiger partial charge in [0.15, 0.2) is 0 Å². The third-order valence-electron chi connectivity index (χ3n) is 2.19. The predicted molar refractivity (Wildman–Crippen MR) is 63.5 cm³/mol. The van der Waals surface area contributed by atoms with Gasteiger partial charge in [0, 0.05) is 12.4 Å². The fraction of sp³-hybridized carbons (Fsp3) is 0. The lowest BCUT2D eigenvalue weighted by Gasteiger charge is -1.86. The Balaban J connectivity index is 2.19. The molecule has 0 spiro atoms. The fourth-order valence-corrected chi connectivity index (χ4v) is 2.50. The predicted octanol–water partition coefficient (Wildman–Crippen LogP) is 3.72. The van der Waals surface area contributed by atoms with Crippen molar-refractivity contribution in [2.75, 3.05) is 0 Å². The molecular weight excluding hydrogens is 228 g/mol. The first-order chi connectivity index (χ1) is 7.33. The average Bonchev–Trinajstić information content (AvgIpc) is 2.82. The summed E-state index contributed by atoms with van der Waals surface area (Å²) in [5.41, 5.74) is 1.93. The lowest BCUT2D eigenvalue weighted by Crippen LogP contribution is -1.77. The van der Waals surface area contributed by atoms with Gasteiger partial charge in [-0.15, -0.1) is 11.3 Å². The number of imidazole rings is 1. The maximum Gasteiger partial charge on any atom is 0.137 e. The van der Waals surface area contributed by atoms with Crippen LogP contribution in [0.1, 0.15) is 0 Å². The molecule has 0 aliphatic carbocycles. The van der Waals surface area contributed by atoms with Crippen molar-refractivity contribution in [3.05, 3.63) is 47.1 Å². The molecule has 3 rings (SSSR count). The molecular formula is C11H7ClN2S. The largest absolute Gasteiger partial charge is 0.306 e. The van der Waals surface area contributed by atoms with Gasteiger partial charge in [0.1, 0.15) is 5.65 Å². The summed E-state index contributed by atoms with van der Waals surface area (Å²) in [5, 5.41) is 0. The molecule has 0 aliphatic rings. The summed E-state index contributed by atoms with van der Waals surface area (Å²) < 4.78 is 2.80. The minimum Gasteiger partial charge on any atom is -0.306 e. The van der Waals surface area contributed by atoms with Crippen LogP contribution in [0.3, 0.4) is 0 Å². The number of thiophene rings is 1. The topological polar surface area (TPSA) is 17.3 Å². The molecule has 0 amide bonds. The van der Waals surface area contributed by atoms with Crippen molar-refractivity contribution >= 4 is 28.6 Å². The Morgan fingerprint density at radius 2 is 2.13 bits per heavy atom. The zero-order valence-corrected chi connectivity index (χ0v) is 9.29. The van der Waals surface area contributed by atoms with E-state index in [0.29, 0.717) is 0 Å². The van der Waals surface area contributed by atoms with Gasteiger partial charge in [-0.1, -0.05) is 17.7 Å². The van der Waals surface area contributed by atoms with Crippen LogP contribution in [0, 0.1) is 0 Å². The van der Waals surface area contributed by atoms with Crippen LogP contribution in [0.5, 0.6) is 0 Å². The molecule has 0 bridgehead atoms. The number of fused-ring (bicyclic) bond motifs is 1. The van der Waals surface area contributed by atoms with Gasteiger partial charge >= 0.3 is 0 Å². The summed E-state index contributed by atoms with van der Waals surface area (Å²) in [4.78, 5) is 5.61. The molecule has 3 heterocycles. The molecule has 0 unspecified atom stereocenters. The summed E-state index contributed by atoms with van der Waals surface area (Å²) in [6.45, 7) is 0. The normalized spacial score (nSPS) is 11.0. The van der Waals surface area contributed by atoms with Crippen LogP contribution in [0.4, 0.5) is 0 Å². The van der Waals surface area contributed by atoms with E-state index in [0.717, 1.165) is 20.6 Å². The van der Waals surface area contributed by atoms with Crippen LogP contribution in [-0.4, -0.2) is 9.38 Å². The molecule has 0 saturated heterocycles. The van der Waals surface area contributed by atoms with Crippen LogP contribution >= 0.6 is 22.9 Å². The maximum absolute atomic E-state index is 5.89. The van der Waals surface area contributed by atoms with Crippen LogP contribution in [-0.2, 0) is 0 Å². The standard InChI is InChI=1S/C11H7ClN2S/c12-10-5-4-9(15-10)8-7-14-6-2-1-3-11(14)13-8/h1-7H. The number of hydrogen-bond donors (Lipinski definition) is 0. The second-order valence-corrected chi connectivity index (χ2v) is 4.91. The number of hydrogen-bond acceptors (Lipinski definition) is 2. The van der Waals surface area contributed by atoms with Crippen LogP contribution in [0.15, 0.2) is 42.7 Å². The van der Waals surface area contributed by atoms with E-state index < -0.39 is 0 Å². The highest BCUT2D eigenvalue weighted by Gasteiger charge is 2.05. The second-order valence-electron chi connectivity index (χ2n) is 3.20. The minimum absolute atomic E-state index is 0.794. The number of rotatable bonds is 1. The molecule has 74 valence electrons. The summed E-state index contributed by atoms with van der Waals surface area (Å²) in [6.07, 6.45) is 4.00. The summed E-state index contributed by atoms with van der Waals surface area (Å²) in [6, 6.07) is 9.84. The third-order valence-corrected chi connectivity index (χ3v) is 3.44. The number of halogens is 1. The Bertz CT molecular complexity index is 579. The van der Waals surface area contributed by atoms with E-state index in [2.05, 4.69) is 4.98 Å². The van der Waals surface area contributed by atoms with Gasteiger partial charge in [-0.25, -0.2) is 4.98 Å². The first kappa shape index (κ1) is 8.95. The summed E-state index contributed by atoms with van der Waals surface area (Å²) in [5.74, 6) is 0. The van der Waals surface area contributed by atoms with Crippen molar-refractivity contribution in [1.29, 1.82) is 0 Å². The van der Waals surface area contributed by atoms with Gasteiger partial charge in [-0.05, 0) is 24.3 Å². The number of aromatic nitrogens is 2. The number of nitrogens with zero attached hydrogens (tertiary/aromatic N) is 2. The van der Waals surface area contributed by atoms with Crippen molar-refractivity contribution in [3.8, 4) is 10.6 Å². The highest BCUT2D eigenvalue weighted by molar-refractivity contribution is 7.19. The molecule has 2 nitrogen and oxygen atoms in total. The molecule has 0 aromatic carbocycles. The van der Waals surface area contributed by atoms with Gasteiger partial charge in [-0.2, -0.15) is 0 Å². The molecule has 3 aromatic rings. The van der Waals surface area contributed by atoms with Crippen molar-refractivity contribution < 1.29 is 0 Å². The summed E-state index contributed by atoms with van der Waals surface area (Å²) in [7, 11) is 0. The SMILES string of the molecule is Clc1ccc(-c2cn3ccccc3n2)s1. The minimum atomic E-state index is 0.794. The van der Waals surface area contributed by atoms with Crippen molar-refractivity contribution in [2.45, 2.75) is 0 Å². The first-order valence-corrected chi connectivity index (χ1v) is 5.72. The number of pyridine rings is 1. The van der Waals surface area contributed by atoms with E-state index in [4.69, 9.17) is 11.6 Å². The molecule has 0 fully saturated rings. The highest BCUT2D eigenvalue weighted by atomic mass is 35.5. The van der Waals surface area contributed by atoms with E-state index in [1.165, 1.54) is 0 Å². The Morgan fingerprint density at radius 3 is 2.87 bits per heavy atom. The average molecular weight is 235 g/mol. The van der Waals surface area contributed by atoms with Gasteiger partial charge in [0.2, 0.25) is 0 Å². The van der Waals surface area contributed by atoms with E-state index in [9.17, 15) is 0 Å². The quantitative estimate of drug-likeness (QED) is 0.627. The van der Waals surface area contributed by atoms with Crippen molar-refractivity contribution in [2.24, 2.45) is 0 Å². The lowest BCUT2D eigenvalue weighted by atomic mass is 10.4. The van der Waals surface area contributed by atoms with Gasteiger partial charge in [0.25, 0.3) is 0 Å².